The van der Waals surface area contributed by atoms with Gasteiger partial charge >= 0.3 is 5.97 Å². The first kappa shape index (κ1) is 16.5. The summed E-state index contributed by atoms with van der Waals surface area (Å²) in [6.07, 6.45) is -0.141. The number of hydrogen-bond donors (Lipinski definition) is 2. The van der Waals surface area contributed by atoms with Gasteiger partial charge in [0.05, 0.1) is 12.0 Å². The molecular formula is C14H18BrNO4. The quantitative estimate of drug-likeness (QED) is 0.880. The standard InChI is InChI=1S/C14H18BrNO4/c1-14(2,3)16(7-6-12(18)19)13(20)10-8-9(15)4-5-11(10)17/h4-5,8,17H,6-7H2,1-3H3,(H,18,19). The number of hydrogen-bond acceptors (Lipinski definition) is 3. The number of carbonyl (C=O) groups excluding carboxylic acids is 1. The van der Waals surface area contributed by atoms with Gasteiger partial charge in [0.2, 0.25) is 0 Å². The van der Waals surface area contributed by atoms with Crippen molar-refractivity contribution in [2.24, 2.45) is 0 Å². The number of carboxylic acids is 1. The Bertz CT molecular complexity index is 522. The van der Waals surface area contributed by atoms with Crippen LogP contribution in [0.5, 0.6) is 5.75 Å². The number of phenolic OH excluding ortho intramolecular Hbond substituents is 1. The van der Waals surface area contributed by atoms with E-state index in [1.54, 1.807) is 6.07 Å². The minimum Gasteiger partial charge on any atom is -0.507 e. The third-order valence-corrected chi connectivity index (χ3v) is 3.29. The topological polar surface area (TPSA) is 77.8 Å². The van der Waals surface area contributed by atoms with Crippen LogP contribution in [0.1, 0.15) is 37.6 Å². The Hall–Kier alpha value is -1.56. The zero-order chi connectivity index (χ0) is 15.5. The average molecular weight is 344 g/mol. The summed E-state index contributed by atoms with van der Waals surface area (Å²) in [6.45, 7) is 5.55. The second-order valence-corrected chi connectivity index (χ2v) is 6.35. The van der Waals surface area contributed by atoms with Crippen molar-refractivity contribution in [3.05, 3.63) is 28.2 Å². The van der Waals surface area contributed by atoms with Crippen LogP contribution in [-0.4, -0.2) is 39.1 Å². The number of aromatic hydroxyl groups is 1. The monoisotopic (exact) mass is 343 g/mol. The van der Waals surface area contributed by atoms with E-state index in [2.05, 4.69) is 15.9 Å². The Morgan fingerprint density at radius 1 is 1.30 bits per heavy atom. The highest BCUT2D eigenvalue weighted by Gasteiger charge is 2.29. The van der Waals surface area contributed by atoms with Gasteiger partial charge in [0, 0.05) is 16.6 Å². The van der Waals surface area contributed by atoms with Crippen LogP contribution in [0, 0.1) is 0 Å². The lowest BCUT2D eigenvalue weighted by atomic mass is 10.0. The molecule has 0 heterocycles. The SMILES string of the molecule is CC(C)(C)N(CCC(=O)O)C(=O)c1cc(Br)ccc1O. The molecule has 0 aromatic heterocycles. The lowest BCUT2D eigenvalue weighted by molar-refractivity contribution is -0.137. The van der Waals surface area contributed by atoms with E-state index in [4.69, 9.17) is 5.11 Å². The molecule has 1 aromatic rings. The molecule has 2 N–H and O–H groups in total. The summed E-state index contributed by atoms with van der Waals surface area (Å²) in [7, 11) is 0. The zero-order valence-electron chi connectivity index (χ0n) is 11.7. The van der Waals surface area contributed by atoms with Crippen molar-refractivity contribution in [2.75, 3.05) is 6.54 Å². The van der Waals surface area contributed by atoms with Crippen molar-refractivity contribution in [1.29, 1.82) is 0 Å². The Morgan fingerprint density at radius 3 is 2.40 bits per heavy atom. The second kappa shape index (κ2) is 6.26. The van der Waals surface area contributed by atoms with Gasteiger partial charge in [0.25, 0.3) is 5.91 Å². The summed E-state index contributed by atoms with van der Waals surface area (Å²) in [5.41, 5.74) is -0.388. The van der Waals surface area contributed by atoms with Crippen molar-refractivity contribution >= 4 is 27.8 Å². The number of halogens is 1. The Kier molecular flexibility index (Phi) is 5.16. The molecule has 6 heteroatoms. The number of aliphatic carboxylic acids is 1. The molecule has 20 heavy (non-hydrogen) atoms. The normalized spacial score (nSPS) is 11.2. The molecule has 0 unspecified atom stereocenters. The van der Waals surface area contributed by atoms with E-state index >= 15 is 0 Å². The summed E-state index contributed by atoms with van der Waals surface area (Å²) < 4.78 is 0.672. The maximum absolute atomic E-state index is 12.5. The van der Waals surface area contributed by atoms with Crippen LogP contribution < -0.4 is 0 Å². The van der Waals surface area contributed by atoms with Crippen molar-refractivity contribution in [2.45, 2.75) is 32.7 Å². The van der Waals surface area contributed by atoms with Gasteiger partial charge in [-0.1, -0.05) is 15.9 Å². The van der Waals surface area contributed by atoms with E-state index in [0.29, 0.717) is 4.47 Å². The van der Waals surface area contributed by atoms with Crippen molar-refractivity contribution in [1.82, 2.24) is 4.90 Å². The van der Waals surface area contributed by atoms with Gasteiger partial charge < -0.3 is 15.1 Å². The first-order chi connectivity index (χ1) is 9.12. The Morgan fingerprint density at radius 2 is 1.90 bits per heavy atom. The van der Waals surface area contributed by atoms with Crippen molar-refractivity contribution in [3.63, 3.8) is 0 Å². The number of carbonyl (C=O) groups is 2. The Labute approximate surface area is 126 Å². The van der Waals surface area contributed by atoms with Crippen LogP contribution in [0.2, 0.25) is 0 Å². The molecule has 0 aliphatic heterocycles. The summed E-state index contributed by atoms with van der Waals surface area (Å²) in [5, 5.41) is 18.6. The molecule has 0 radical (unpaired) electrons. The average Bonchev–Trinajstić information content (AvgIpc) is 2.30. The summed E-state index contributed by atoms with van der Waals surface area (Å²) in [6, 6.07) is 4.58. The van der Waals surface area contributed by atoms with Crippen LogP contribution in [0.3, 0.4) is 0 Å². The van der Waals surface area contributed by atoms with Crippen LogP contribution in [-0.2, 0) is 4.79 Å². The number of carboxylic acid groups (broad SMARTS) is 1. The number of phenols is 1. The van der Waals surface area contributed by atoms with E-state index in [0.717, 1.165) is 0 Å². The minimum atomic E-state index is -0.967. The first-order valence-electron chi connectivity index (χ1n) is 6.15. The fourth-order valence-corrected chi connectivity index (χ4v) is 2.14. The van der Waals surface area contributed by atoms with E-state index in [1.165, 1.54) is 17.0 Å². The van der Waals surface area contributed by atoms with Gasteiger partial charge in [-0.25, -0.2) is 0 Å². The van der Waals surface area contributed by atoms with E-state index in [9.17, 15) is 14.7 Å². The van der Waals surface area contributed by atoms with Gasteiger partial charge in [-0.15, -0.1) is 0 Å². The molecule has 0 atom stereocenters. The first-order valence-corrected chi connectivity index (χ1v) is 6.94. The van der Waals surface area contributed by atoms with Crippen LogP contribution >= 0.6 is 15.9 Å². The highest BCUT2D eigenvalue weighted by Crippen LogP contribution is 2.26. The predicted octanol–water partition coefficient (Wildman–Crippen LogP) is 2.87. The highest BCUT2D eigenvalue weighted by atomic mass is 79.9. The minimum absolute atomic E-state index is 0.0869. The summed E-state index contributed by atoms with van der Waals surface area (Å²) in [5.74, 6) is -1.48. The lowest BCUT2D eigenvalue weighted by Crippen LogP contribution is -2.46. The molecule has 0 aliphatic rings. The zero-order valence-corrected chi connectivity index (χ0v) is 13.3. The maximum atomic E-state index is 12.5. The van der Waals surface area contributed by atoms with Gasteiger partial charge in [0.1, 0.15) is 5.75 Å². The molecule has 0 saturated heterocycles. The molecule has 0 aliphatic carbocycles. The molecule has 110 valence electrons. The number of amides is 1. The van der Waals surface area contributed by atoms with E-state index in [1.807, 2.05) is 20.8 Å². The smallest absolute Gasteiger partial charge is 0.305 e. The van der Waals surface area contributed by atoms with Crippen LogP contribution in [0.15, 0.2) is 22.7 Å². The summed E-state index contributed by atoms with van der Waals surface area (Å²) >= 11 is 3.25. The number of nitrogens with zero attached hydrogens (tertiary/aromatic N) is 1. The van der Waals surface area contributed by atoms with Gasteiger partial charge in [-0.05, 0) is 39.0 Å². The molecule has 0 fully saturated rings. The molecular weight excluding hydrogens is 326 g/mol. The van der Waals surface area contributed by atoms with Crippen molar-refractivity contribution in [3.8, 4) is 5.75 Å². The predicted molar refractivity (Wildman–Crippen MR) is 78.8 cm³/mol. The fourth-order valence-electron chi connectivity index (χ4n) is 1.77. The molecule has 0 saturated carbocycles. The van der Waals surface area contributed by atoms with Crippen molar-refractivity contribution < 1.29 is 19.8 Å². The second-order valence-electron chi connectivity index (χ2n) is 5.43. The molecule has 0 spiro atoms. The molecule has 0 bridgehead atoms. The van der Waals surface area contributed by atoms with Gasteiger partial charge in [0.15, 0.2) is 0 Å². The Balaban J connectivity index is 3.10. The molecule has 5 nitrogen and oxygen atoms in total. The summed E-state index contributed by atoms with van der Waals surface area (Å²) in [4.78, 5) is 24.7. The van der Waals surface area contributed by atoms with Gasteiger partial charge in [-0.2, -0.15) is 0 Å². The number of benzene rings is 1. The maximum Gasteiger partial charge on any atom is 0.305 e. The molecule has 1 amide bonds. The van der Waals surface area contributed by atoms with Crippen LogP contribution in [0.25, 0.3) is 0 Å². The fraction of sp³-hybridized carbons (Fsp3) is 0.429. The van der Waals surface area contributed by atoms with E-state index in [-0.39, 0.29) is 24.3 Å². The molecule has 1 aromatic carbocycles. The third-order valence-electron chi connectivity index (χ3n) is 2.79. The number of rotatable bonds is 4. The largest absolute Gasteiger partial charge is 0.507 e. The van der Waals surface area contributed by atoms with E-state index < -0.39 is 17.4 Å². The van der Waals surface area contributed by atoms with Gasteiger partial charge in [-0.3, -0.25) is 9.59 Å². The lowest BCUT2D eigenvalue weighted by Gasteiger charge is -2.35. The highest BCUT2D eigenvalue weighted by molar-refractivity contribution is 9.10. The van der Waals surface area contributed by atoms with Crippen LogP contribution in [0.4, 0.5) is 0 Å². The molecule has 1 rings (SSSR count). The third kappa shape index (κ3) is 4.23.